The Morgan fingerprint density at radius 3 is 2.39 bits per heavy atom. The number of hydrogen-bond acceptors (Lipinski definition) is 6. The highest BCUT2D eigenvalue weighted by molar-refractivity contribution is 5.25. The van der Waals surface area contributed by atoms with Gasteiger partial charge in [0.25, 0.3) is 0 Å². The van der Waals surface area contributed by atoms with Crippen LogP contribution in [0.1, 0.15) is 112 Å². The van der Waals surface area contributed by atoms with E-state index in [4.69, 9.17) is 9.47 Å². The number of hydrogen-bond donors (Lipinski definition) is 4. The molecule has 0 aromatic rings. The number of aliphatic hydroxyl groups excluding tert-OH is 4. The minimum Gasteiger partial charge on any atom is -0.394 e. The molecule has 0 spiro atoms. The Morgan fingerprint density at radius 1 is 0.951 bits per heavy atom. The van der Waals surface area contributed by atoms with E-state index in [0.29, 0.717) is 5.41 Å². The van der Waals surface area contributed by atoms with Gasteiger partial charge in [-0.15, -0.1) is 0 Å². The number of allylic oxidation sites excluding steroid dienone is 1. The van der Waals surface area contributed by atoms with Crippen LogP contribution in [0, 0.1) is 52.3 Å². The van der Waals surface area contributed by atoms with E-state index in [1.807, 2.05) is 0 Å². The number of rotatable bonds is 9. The van der Waals surface area contributed by atoms with Crippen molar-refractivity contribution in [2.75, 3.05) is 6.61 Å². The van der Waals surface area contributed by atoms with Crippen molar-refractivity contribution in [2.24, 2.45) is 52.3 Å². The zero-order valence-electron chi connectivity index (χ0n) is 26.7. The van der Waals surface area contributed by atoms with E-state index >= 15 is 0 Å². The molecule has 6 heteroatoms. The van der Waals surface area contributed by atoms with Crippen LogP contribution < -0.4 is 0 Å². The molecule has 0 radical (unpaired) electrons. The van der Waals surface area contributed by atoms with Crippen LogP contribution >= 0.6 is 0 Å². The Morgan fingerprint density at radius 2 is 1.71 bits per heavy atom. The van der Waals surface area contributed by atoms with Gasteiger partial charge < -0.3 is 29.9 Å². The van der Waals surface area contributed by atoms with Crippen LogP contribution in [-0.2, 0) is 9.47 Å². The summed E-state index contributed by atoms with van der Waals surface area (Å²) in [7, 11) is 0. The van der Waals surface area contributed by atoms with Crippen molar-refractivity contribution in [1.82, 2.24) is 0 Å². The fourth-order valence-electron chi connectivity index (χ4n) is 10.8. The summed E-state index contributed by atoms with van der Waals surface area (Å²) in [5, 5.41) is 40.4. The molecular weight excluding hydrogens is 516 g/mol. The molecule has 0 unspecified atom stereocenters. The van der Waals surface area contributed by atoms with Crippen LogP contribution in [-0.4, -0.2) is 63.8 Å². The lowest BCUT2D eigenvalue weighted by molar-refractivity contribution is -0.313. The van der Waals surface area contributed by atoms with Crippen molar-refractivity contribution in [3.8, 4) is 0 Å². The second-order valence-corrected chi connectivity index (χ2v) is 15.7. The molecule has 236 valence electrons. The molecule has 4 aliphatic carbocycles. The Hall–Kier alpha value is -0.500. The van der Waals surface area contributed by atoms with Gasteiger partial charge in [-0.25, -0.2) is 0 Å². The highest BCUT2D eigenvalue weighted by atomic mass is 16.7. The molecule has 1 heterocycles. The van der Waals surface area contributed by atoms with Gasteiger partial charge in [0.15, 0.2) is 6.29 Å². The third-order valence-corrected chi connectivity index (χ3v) is 13.5. The normalized spacial score (nSPS) is 47.7. The summed E-state index contributed by atoms with van der Waals surface area (Å²) in [5.74, 6) is 5.66. The summed E-state index contributed by atoms with van der Waals surface area (Å²) in [5.41, 5.74) is 2.19. The molecule has 3 saturated carbocycles. The number of ether oxygens (including phenoxy) is 2. The predicted molar refractivity (Wildman–Crippen MR) is 161 cm³/mol. The smallest absolute Gasteiger partial charge is 0.186 e. The van der Waals surface area contributed by atoms with Gasteiger partial charge >= 0.3 is 0 Å². The standard InChI is InChI=1S/C35H60O6/c1-7-22(20(2)3)9-8-21(4)26-12-13-27-25-11-10-23-18-24(14-16-34(23,5)28(25)15-17-35(26,27)6)40-33-32(39)31(38)30(37)29(19-36)41-33/h10,20-22,24-33,36-39H,7-9,11-19H2,1-6H3/t21-,22-,24-,25-,26-,27-,28-,29-,30+,31+,32-,33-,34+,35-/m1/s1. The van der Waals surface area contributed by atoms with Crippen molar-refractivity contribution in [1.29, 1.82) is 0 Å². The number of aliphatic hydroxyl groups is 4. The molecule has 0 bridgehead atoms. The largest absolute Gasteiger partial charge is 0.394 e. The lowest BCUT2D eigenvalue weighted by atomic mass is 9.47. The summed E-state index contributed by atoms with van der Waals surface area (Å²) in [6.07, 6.45) is 9.92. The molecule has 1 saturated heterocycles. The van der Waals surface area contributed by atoms with E-state index in [0.717, 1.165) is 60.7 Å². The average Bonchev–Trinajstić information content (AvgIpc) is 3.30. The maximum Gasteiger partial charge on any atom is 0.186 e. The molecule has 1 aliphatic heterocycles. The molecule has 14 atom stereocenters. The predicted octanol–water partition coefficient (Wildman–Crippen LogP) is 5.85. The van der Waals surface area contributed by atoms with Crippen LogP contribution in [0.3, 0.4) is 0 Å². The fraction of sp³-hybridized carbons (Fsp3) is 0.943. The zero-order valence-corrected chi connectivity index (χ0v) is 26.7. The van der Waals surface area contributed by atoms with Crippen molar-refractivity contribution >= 4 is 0 Å². The summed E-state index contributed by atoms with van der Waals surface area (Å²) < 4.78 is 11.9. The summed E-state index contributed by atoms with van der Waals surface area (Å²) in [6, 6.07) is 0. The summed E-state index contributed by atoms with van der Waals surface area (Å²) in [4.78, 5) is 0. The molecular formula is C35H60O6. The van der Waals surface area contributed by atoms with Crippen LogP contribution in [0.5, 0.6) is 0 Å². The Labute approximate surface area is 249 Å². The molecule has 41 heavy (non-hydrogen) atoms. The lowest BCUT2D eigenvalue weighted by Crippen LogP contribution is -2.60. The molecule has 5 rings (SSSR count). The van der Waals surface area contributed by atoms with Gasteiger partial charge in [0.05, 0.1) is 12.7 Å². The Bertz CT molecular complexity index is 918. The first-order valence-corrected chi connectivity index (χ1v) is 17.1. The Balaban J connectivity index is 1.24. The monoisotopic (exact) mass is 576 g/mol. The first kappa shape index (κ1) is 31.9. The molecule has 0 aromatic carbocycles. The second kappa shape index (κ2) is 12.5. The molecule has 0 amide bonds. The fourth-order valence-corrected chi connectivity index (χ4v) is 10.8. The molecule has 4 fully saturated rings. The molecule has 5 aliphatic rings. The van der Waals surface area contributed by atoms with E-state index in [9.17, 15) is 20.4 Å². The SMILES string of the molecule is CC[C@H](CC[C@@H](C)[C@H]1CC[C@@H]2[C@H]3CC=C4C[C@H](O[C@@H]5O[C@H](CO)[C@H](O)[C@H](O)[C@H]5O)CC[C@]4(C)[C@@H]3CC[C@@]21C)C(C)C. The lowest BCUT2D eigenvalue weighted by Gasteiger charge is -2.58. The van der Waals surface area contributed by atoms with Gasteiger partial charge in [-0.2, -0.15) is 0 Å². The molecule has 6 nitrogen and oxygen atoms in total. The van der Waals surface area contributed by atoms with Crippen LogP contribution in [0.2, 0.25) is 0 Å². The van der Waals surface area contributed by atoms with Crippen molar-refractivity contribution in [2.45, 2.75) is 149 Å². The zero-order chi connectivity index (χ0) is 29.7. The minimum atomic E-state index is -1.40. The van der Waals surface area contributed by atoms with Gasteiger partial charge in [0.1, 0.15) is 24.4 Å². The van der Waals surface area contributed by atoms with E-state index in [-0.39, 0.29) is 11.5 Å². The first-order valence-electron chi connectivity index (χ1n) is 17.1. The van der Waals surface area contributed by atoms with Crippen molar-refractivity contribution in [3.05, 3.63) is 11.6 Å². The molecule has 0 aromatic heterocycles. The van der Waals surface area contributed by atoms with Gasteiger partial charge in [-0.1, -0.05) is 66.0 Å². The number of fused-ring (bicyclic) bond motifs is 5. The van der Waals surface area contributed by atoms with Crippen molar-refractivity contribution < 1.29 is 29.9 Å². The average molecular weight is 577 g/mol. The van der Waals surface area contributed by atoms with Crippen LogP contribution in [0.25, 0.3) is 0 Å². The van der Waals surface area contributed by atoms with Crippen LogP contribution in [0.4, 0.5) is 0 Å². The van der Waals surface area contributed by atoms with Gasteiger partial charge in [-0.3, -0.25) is 0 Å². The van der Waals surface area contributed by atoms with Gasteiger partial charge in [0.2, 0.25) is 0 Å². The molecule has 4 N–H and O–H groups in total. The minimum absolute atomic E-state index is 0.101. The second-order valence-electron chi connectivity index (χ2n) is 15.7. The van der Waals surface area contributed by atoms with E-state index in [1.165, 1.54) is 56.9 Å². The van der Waals surface area contributed by atoms with E-state index in [1.54, 1.807) is 0 Å². The third kappa shape index (κ3) is 5.73. The van der Waals surface area contributed by atoms with E-state index < -0.39 is 37.3 Å². The highest BCUT2D eigenvalue weighted by Gasteiger charge is 2.59. The van der Waals surface area contributed by atoms with E-state index in [2.05, 4.69) is 47.6 Å². The van der Waals surface area contributed by atoms with Crippen molar-refractivity contribution in [3.63, 3.8) is 0 Å². The quantitative estimate of drug-likeness (QED) is 0.257. The maximum atomic E-state index is 10.5. The summed E-state index contributed by atoms with van der Waals surface area (Å²) >= 11 is 0. The highest BCUT2D eigenvalue weighted by Crippen LogP contribution is 2.67. The topological polar surface area (TPSA) is 99.4 Å². The third-order valence-electron chi connectivity index (χ3n) is 13.5. The first-order chi connectivity index (χ1) is 19.4. The van der Waals surface area contributed by atoms with Gasteiger partial charge in [-0.05, 0) is 110 Å². The maximum absolute atomic E-state index is 10.5. The van der Waals surface area contributed by atoms with Crippen LogP contribution in [0.15, 0.2) is 11.6 Å². The summed E-state index contributed by atoms with van der Waals surface area (Å²) in [6.45, 7) is 14.5. The Kier molecular flexibility index (Phi) is 9.71. The van der Waals surface area contributed by atoms with Gasteiger partial charge in [0, 0.05) is 0 Å².